The number of urea groups is 1. The number of carbonyl (C=O) groups excluding carboxylic acids is 1. The van der Waals surface area contributed by atoms with Gasteiger partial charge in [0.05, 0.1) is 30.5 Å². The lowest BCUT2D eigenvalue weighted by Crippen LogP contribution is -2.44. The molecule has 1 saturated heterocycles. The van der Waals surface area contributed by atoms with Gasteiger partial charge in [-0.3, -0.25) is 9.58 Å². The molecule has 44 heavy (non-hydrogen) atoms. The highest BCUT2D eigenvalue weighted by atomic mass is 35.5. The van der Waals surface area contributed by atoms with Crippen LogP contribution in [0, 0.1) is 11.8 Å². The van der Waals surface area contributed by atoms with Crippen molar-refractivity contribution < 1.29 is 14.6 Å². The van der Waals surface area contributed by atoms with Crippen LogP contribution in [0.1, 0.15) is 47.7 Å². The van der Waals surface area contributed by atoms with E-state index in [0.29, 0.717) is 60.7 Å². The molecule has 1 atom stereocenters. The molecule has 234 valence electrons. The van der Waals surface area contributed by atoms with Crippen molar-refractivity contribution in [1.29, 1.82) is 0 Å². The minimum atomic E-state index is -0.427. The highest BCUT2D eigenvalue weighted by molar-refractivity contribution is 6.32. The first-order chi connectivity index (χ1) is 21.3. The smallest absolute Gasteiger partial charge is 0.315 e. The number of morpholine rings is 1. The number of amides is 2. The number of nitrogens with two attached hydrogens (primary N) is 1. The van der Waals surface area contributed by atoms with Crippen molar-refractivity contribution in [3.05, 3.63) is 74.4 Å². The van der Waals surface area contributed by atoms with E-state index in [2.05, 4.69) is 33.7 Å². The Kier molecular flexibility index (Phi) is 11.2. The molecule has 0 aliphatic carbocycles. The number of fused-ring (bicyclic) bond motifs is 1. The van der Waals surface area contributed by atoms with Crippen molar-refractivity contribution in [2.24, 2.45) is 5.73 Å². The average Bonchev–Trinajstić information content (AvgIpc) is 3.38. The van der Waals surface area contributed by atoms with Gasteiger partial charge in [-0.2, -0.15) is 5.10 Å². The zero-order chi connectivity index (χ0) is 31.1. The summed E-state index contributed by atoms with van der Waals surface area (Å²) in [6.07, 6.45) is 2.35. The summed E-state index contributed by atoms with van der Waals surface area (Å²) in [5.41, 5.74) is 12.0. The lowest BCUT2D eigenvalue weighted by Gasteiger charge is -2.33. The molecule has 2 aromatic carbocycles. The maximum atomic E-state index is 12.1. The molecule has 4 N–H and O–H groups in total. The van der Waals surface area contributed by atoms with Crippen LogP contribution in [0.3, 0.4) is 0 Å². The molecule has 0 spiro atoms. The van der Waals surface area contributed by atoms with Gasteiger partial charge in [0.25, 0.3) is 0 Å². The van der Waals surface area contributed by atoms with Gasteiger partial charge in [-0.25, -0.2) is 4.79 Å². The number of halogens is 2. The number of carbonyl (C=O) groups is 1. The van der Waals surface area contributed by atoms with Crippen LogP contribution < -0.4 is 11.1 Å². The highest BCUT2D eigenvalue weighted by Crippen LogP contribution is 2.32. The van der Waals surface area contributed by atoms with Crippen molar-refractivity contribution in [3.63, 3.8) is 0 Å². The first-order valence-electron chi connectivity index (χ1n) is 15.2. The summed E-state index contributed by atoms with van der Waals surface area (Å²) >= 11 is 13.0. The van der Waals surface area contributed by atoms with Crippen LogP contribution in [0.5, 0.6) is 0 Å². The molecule has 1 fully saturated rings. The second kappa shape index (κ2) is 15.3. The molecule has 11 heteroatoms. The van der Waals surface area contributed by atoms with Crippen molar-refractivity contribution >= 4 is 29.2 Å². The lowest BCUT2D eigenvalue weighted by atomic mass is 9.99. The number of hydrogen-bond acceptors (Lipinski definition) is 6. The van der Waals surface area contributed by atoms with E-state index in [-0.39, 0.29) is 6.61 Å². The van der Waals surface area contributed by atoms with Crippen LogP contribution in [0.2, 0.25) is 10.0 Å². The van der Waals surface area contributed by atoms with E-state index in [1.165, 1.54) is 0 Å². The van der Waals surface area contributed by atoms with Crippen molar-refractivity contribution in [2.45, 2.75) is 51.9 Å². The largest absolute Gasteiger partial charge is 0.396 e. The molecule has 9 nitrogen and oxygen atoms in total. The Morgan fingerprint density at radius 2 is 1.98 bits per heavy atom. The van der Waals surface area contributed by atoms with Gasteiger partial charge in [-0.05, 0) is 62.2 Å². The summed E-state index contributed by atoms with van der Waals surface area (Å²) in [7, 11) is 0. The van der Waals surface area contributed by atoms with Gasteiger partial charge in [0.1, 0.15) is 0 Å². The quantitative estimate of drug-likeness (QED) is 0.226. The van der Waals surface area contributed by atoms with Crippen LogP contribution in [-0.2, 0) is 30.8 Å². The SMILES string of the molecule is CC1COCCN1CCCn1nc(-c2ccc(Cl)c(C#Cc3ccc(Cl)c(CNCCCO)c3)c2)c2c1CCN(C(N)=O)C2. The van der Waals surface area contributed by atoms with Crippen LogP contribution >= 0.6 is 23.2 Å². The zero-order valence-electron chi connectivity index (χ0n) is 25.1. The van der Waals surface area contributed by atoms with Crippen LogP contribution in [0.25, 0.3) is 11.3 Å². The number of hydrogen-bond donors (Lipinski definition) is 3. The third-order valence-electron chi connectivity index (χ3n) is 8.22. The van der Waals surface area contributed by atoms with E-state index in [0.717, 1.165) is 72.9 Å². The minimum Gasteiger partial charge on any atom is -0.396 e. The topological polar surface area (TPSA) is 109 Å². The number of rotatable bonds is 10. The molecule has 5 rings (SSSR count). The van der Waals surface area contributed by atoms with Gasteiger partial charge < -0.3 is 25.8 Å². The van der Waals surface area contributed by atoms with Gasteiger partial charge in [0.15, 0.2) is 0 Å². The first kappa shape index (κ1) is 32.3. The highest BCUT2D eigenvalue weighted by Gasteiger charge is 2.27. The fraction of sp³-hybridized carbons (Fsp3) is 0.455. The number of primary amides is 1. The molecule has 3 aromatic rings. The standard InChI is InChI=1S/C33H40Cl2N6O3/c1-23-22-44-17-15-39(23)12-3-13-41-31-10-14-40(33(36)43)21-28(31)32(38-41)26-7-9-29(34)25(19-26)6-4-24-5-8-30(35)27(18-24)20-37-11-2-16-42/h5,7-9,18-19,23,37,42H,2-3,10-17,20-22H2,1H3,(H2,36,43). The number of nitrogens with zero attached hydrogens (tertiary/aromatic N) is 4. The van der Waals surface area contributed by atoms with Crippen molar-refractivity contribution in [1.82, 2.24) is 24.9 Å². The zero-order valence-corrected chi connectivity index (χ0v) is 26.6. The maximum Gasteiger partial charge on any atom is 0.315 e. The molecule has 0 saturated carbocycles. The van der Waals surface area contributed by atoms with Crippen molar-refractivity contribution in [3.8, 4) is 23.1 Å². The normalized spacial score (nSPS) is 16.8. The van der Waals surface area contributed by atoms with E-state index in [1.807, 2.05) is 36.4 Å². The molecule has 2 aliphatic rings. The summed E-state index contributed by atoms with van der Waals surface area (Å²) in [5.74, 6) is 6.47. The van der Waals surface area contributed by atoms with E-state index < -0.39 is 6.03 Å². The van der Waals surface area contributed by atoms with Gasteiger partial charge >= 0.3 is 6.03 Å². The van der Waals surface area contributed by atoms with Crippen LogP contribution in [-0.4, -0.2) is 82.8 Å². The third-order valence-corrected chi connectivity index (χ3v) is 8.92. The van der Waals surface area contributed by atoms with Gasteiger partial charge in [0.2, 0.25) is 0 Å². The number of aromatic nitrogens is 2. The maximum absolute atomic E-state index is 12.1. The van der Waals surface area contributed by atoms with E-state index in [4.69, 9.17) is 43.9 Å². The summed E-state index contributed by atoms with van der Waals surface area (Å²) in [6.45, 7) is 8.90. The summed E-state index contributed by atoms with van der Waals surface area (Å²) < 4.78 is 7.70. The Bertz CT molecular complexity index is 1530. The predicted molar refractivity (Wildman–Crippen MR) is 174 cm³/mol. The Labute approximate surface area is 269 Å². The first-order valence-corrected chi connectivity index (χ1v) is 16.0. The number of nitrogens with one attached hydrogen (secondary N) is 1. The molecule has 1 aromatic heterocycles. The number of benzene rings is 2. The minimum absolute atomic E-state index is 0.146. The number of aryl methyl sites for hydroxylation is 1. The second-order valence-electron chi connectivity index (χ2n) is 11.3. The Balaban J connectivity index is 1.39. The number of aliphatic hydroxyl groups excluding tert-OH is 1. The molecule has 1 unspecified atom stereocenters. The average molecular weight is 640 g/mol. The molecule has 3 heterocycles. The molecule has 0 bridgehead atoms. The van der Waals surface area contributed by atoms with E-state index in [9.17, 15) is 4.79 Å². The predicted octanol–water partition coefficient (Wildman–Crippen LogP) is 4.28. The van der Waals surface area contributed by atoms with Gasteiger partial charge in [-0.1, -0.05) is 41.1 Å². The molecule has 2 amide bonds. The summed E-state index contributed by atoms with van der Waals surface area (Å²) in [6, 6.07) is 11.5. The second-order valence-corrected chi connectivity index (χ2v) is 12.1. The number of ether oxygens (including phenoxy) is 1. The van der Waals surface area contributed by atoms with E-state index >= 15 is 0 Å². The number of aliphatic hydroxyl groups is 1. The van der Waals surface area contributed by atoms with Crippen LogP contribution in [0.4, 0.5) is 4.79 Å². The third kappa shape index (κ3) is 7.94. The molecule has 0 radical (unpaired) electrons. The van der Waals surface area contributed by atoms with Crippen LogP contribution in [0.15, 0.2) is 36.4 Å². The summed E-state index contributed by atoms with van der Waals surface area (Å²) in [4.78, 5) is 16.2. The Morgan fingerprint density at radius 3 is 2.77 bits per heavy atom. The Hall–Kier alpha value is -3.10. The van der Waals surface area contributed by atoms with Gasteiger partial charge in [-0.15, -0.1) is 0 Å². The fourth-order valence-corrected chi connectivity index (χ4v) is 6.09. The lowest BCUT2D eigenvalue weighted by molar-refractivity contribution is -0.00122. The van der Waals surface area contributed by atoms with Gasteiger partial charge in [0, 0.05) is 84.8 Å². The Morgan fingerprint density at radius 1 is 1.14 bits per heavy atom. The molecular formula is C33H40Cl2N6O3. The summed E-state index contributed by atoms with van der Waals surface area (Å²) in [5, 5.41) is 18.6. The molecular weight excluding hydrogens is 599 g/mol. The molecule has 2 aliphatic heterocycles. The van der Waals surface area contributed by atoms with Crippen molar-refractivity contribution in [2.75, 3.05) is 46.0 Å². The fourth-order valence-electron chi connectivity index (χ4n) is 5.74. The van der Waals surface area contributed by atoms with E-state index in [1.54, 1.807) is 4.90 Å². The monoisotopic (exact) mass is 638 g/mol.